The first-order valence-corrected chi connectivity index (χ1v) is 4.14. The van der Waals surface area contributed by atoms with Crippen molar-refractivity contribution in [2.45, 2.75) is 0 Å². The summed E-state index contributed by atoms with van der Waals surface area (Å²) in [7, 11) is 4.05. The molecule has 1 heterocycles. The average molecular weight is 181 g/mol. The normalized spacial score (nSPS) is 10.4. The Morgan fingerprint density at radius 2 is 2.23 bits per heavy atom. The van der Waals surface area contributed by atoms with Crippen LogP contribution in [0, 0.1) is 0 Å². The van der Waals surface area contributed by atoms with Gasteiger partial charge in [0.1, 0.15) is 18.0 Å². The van der Waals surface area contributed by atoms with Crippen LogP contribution in [0.5, 0.6) is 0 Å². The van der Waals surface area contributed by atoms with Crippen molar-refractivity contribution >= 4 is 11.6 Å². The monoisotopic (exact) mass is 181 g/mol. The molecule has 5 nitrogen and oxygen atoms in total. The minimum atomic E-state index is 0.488. The van der Waals surface area contributed by atoms with E-state index in [-0.39, 0.29) is 0 Å². The maximum Gasteiger partial charge on any atom is 0.131 e. The fraction of sp³-hybridized carbons (Fsp3) is 0.500. The predicted octanol–water partition coefficient (Wildman–Crippen LogP) is 0.0323. The van der Waals surface area contributed by atoms with Crippen LogP contribution in [0.2, 0.25) is 0 Å². The third-order valence-electron chi connectivity index (χ3n) is 1.55. The van der Waals surface area contributed by atoms with Crippen molar-refractivity contribution in [1.29, 1.82) is 0 Å². The molecule has 0 amide bonds. The standard InChI is InChI=1S/C8H15N5/c1-13(2)4-3-10-8-5-7(9)11-6-12-8/h5-6H,3-4H2,1-2H3,(H3,9,10,11,12). The first-order chi connectivity index (χ1) is 6.18. The maximum absolute atomic E-state index is 5.49. The van der Waals surface area contributed by atoms with Gasteiger partial charge in [-0.1, -0.05) is 0 Å². The lowest BCUT2D eigenvalue weighted by Crippen LogP contribution is -2.21. The van der Waals surface area contributed by atoms with E-state index in [2.05, 4.69) is 20.2 Å². The van der Waals surface area contributed by atoms with Crippen LogP contribution in [0.4, 0.5) is 11.6 Å². The molecule has 1 aromatic heterocycles. The van der Waals surface area contributed by atoms with Gasteiger partial charge >= 0.3 is 0 Å². The van der Waals surface area contributed by atoms with Crippen LogP contribution in [-0.2, 0) is 0 Å². The number of anilines is 2. The van der Waals surface area contributed by atoms with Crippen LogP contribution in [0.25, 0.3) is 0 Å². The van der Waals surface area contributed by atoms with E-state index in [1.54, 1.807) is 6.07 Å². The molecule has 0 aliphatic rings. The van der Waals surface area contributed by atoms with Crippen molar-refractivity contribution in [2.75, 3.05) is 38.2 Å². The summed E-state index contributed by atoms with van der Waals surface area (Å²) in [6, 6.07) is 1.72. The van der Waals surface area contributed by atoms with Crippen LogP contribution >= 0.6 is 0 Å². The van der Waals surface area contributed by atoms with E-state index in [0.717, 1.165) is 18.9 Å². The lowest BCUT2D eigenvalue weighted by molar-refractivity contribution is 0.425. The number of nitrogens with zero attached hydrogens (tertiary/aromatic N) is 3. The quantitative estimate of drug-likeness (QED) is 0.686. The van der Waals surface area contributed by atoms with Gasteiger partial charge in [-0.15, -0.1) is 0 Å². The molecule has 1 rings (SSSR count). The molecule has 0 spiro atoms. The maximum atomic E-state index is 5.49. The van der Waals surface area contributed by atoms with Gasteiger partial charge in [0.15, 0.2) is 0 Å². The number of aromatic nitrogens is 2. The Labute approximate surface area is 78.0 Å². The molecule has 0 saturated heterocycles. The van der Waals surface area contributed by atoms with Gasteiger partial charge in [0, 0.05) is 19.2 Å². The lowest BCUT2D eigenvalue weighted by atomic mass is 10.5. The van der Waals surface area contributed by atoms with E-state index in [9.17, 15) is 0 Å². The van der Waals surface area contributed by atoms with Gasteiger partial charge in [0.25, 0.3) is 0 Å². The Balaban J connectivity index is 2.37. The van der Waals surface area contributed by atoms with Crippen LogP contribution < -0.4 is 11.1 Å². The van der Waals surface area contributed by atoms with Gasteiger partial charge in [0.2, 0.25) is 0 Å². The summed E-state index contributed by atoms with van der Waals surface area (Å²) in [6.07, 6.45) is 1.45. The van der Waals surface area contributed by atoms with Crippen molar-refractivity contribution < 1.29 is 0 Å². The SMILES string of the molecule is CN(C)CCNc1cc(N)ncn1. The third kappa shape index (κ3) is 3.71. The molecule has 0 saturated carbocycles. The molecule has 0 fully saturated rings. The molecule has 1 aromatic rings. The molecule has 13 heavy (non-hydrogen) atoms. The van der Waals surface area contributed by atoms with Crippen LogP contribution in [0.3, 0.4) is 0 Å². The van der Waals surface area contributed by atoms with Gasteiger partial charge in [-0.3, -0.25) is 0 Å². The number of likely N-dealkylation sites (N-methyl/N-ethyl adjacent to an activating group) is 1. The third-order valence-corrected chi connectivity index (χ3v) is 1.55. The Morgan fingerprint density at radius 1 is 1.46 bits per heavy atom. The zero-order valence-electron chi connectivity index (χ0n) is 7.99. The van der Waals surface area contributed by atoms with Crippen LogP contribution in [0.1, 0.15) is 0 Å². The highest BCUT2D eigenvalue weighted by Crippen LogP contribution is 2.03. The van der Waals surface area contributed by atoms with Crippen molar-refractivity contribution in [2.24, 2.45) is 0 Å². The van der Waals surface area contributed by atoms with Crippen molar-refractivity contribution in [3.05, 3.63) is 12.4 Å². The zero-order valence-corrected chi connectivity index (χ0v) is 7.99. The number of hydrogen-bond donors (Lipinski definition) is 2. The molecule has 0 aromatic carbocycles. The highest BCUT2D eigenvalue weighted by molar-refractivity contribution is 5.43. The Kier molecular flexibility index (Phi) is 3.45. The van der Waals surface area contributed by atoms with Gasteiger partial charge in [-0.25, -0.2) is 9.97 Å². The Morgan fingerprint density at radius 3 is 2.85 bits per heavy atom. The van der Waals surface area contributed by atoms with Crippen LogP contribution in [-0.4, -0.2) is 42.1 Å². The molecule has 0 radical (unpaired) electrons. The Hall–Kier alpha value is -1.36. The summed E-state index contributed by atoms with van der Waals surface area (Å²) in [5.74, 6) is 1.26. The second kappa shape index (κ2) is 4.61. The molecular formula is C8H15N5. The van der Waals surface area contributed by atoms with Gasteiger partial charge in [-0.2, -0.15) is 0 Å². The smallest absolute Gasteiger partial charge is 0.131 e. The lowest BCUT2D eigenvalue weighted by Gasteiger charge is -2.10. The minimum Gasteiger partial charge on any atom is -0.384 e. The first-order valence-electron chi connectivity index (χ1n) is 4.14. The molecular weight excluding hydrogens is 166 g/mol. The summed E-state index contributed by atoms with van der Waals surface area (Å²) in [4.78, 5) is 9.91. The predicted molar refractivity (Wildman–Crippen MR) is 53.5 cm³/mol. The molecule has 0 bridgehead atoms. The second-order valence-corrected chi connectivity index (χ2v) is 3.06. The summed E-state index contributed by atoms with van der Waals surface area (Å²) in [5.41, 5.74) is 5.49. The van der Waals surface area contributed by atoms with E-state index < -0.39 is 0 Å². The van der Waals surface area contributed by atoms with E-state index in [0.29, 0.717) is 5.82 Å². The number of nitrogen functional groups attached to an aromatic ring is 1. The minimum absolute atomic E-state index is 0.488. The summed E-state index contributed by atoms with van der Waals surface area (Å²) >= 11 is 0. The number of nitrogens with one attached hydrogen (secondary N) is 1. The second-order valence-electron chi connectivity index (χ2n) is 3.06. The van der Waals surface area contributed by atoms with E-state index in [1.165, 1.54) is 6.33 Å². The highest BCUT2D eigenvalue weighted by atomic mass is 15.1. The fourth-order valence-electron chi connectivity index (χ4n) is 0.877. The largest absolute Gasteiger partial charge is 0.384 e. The van der Waals surface area contributed by atoms with Crippen molar-refractivity contribution in [3.63, 3.8) is 0 Å². The van der Waals surface area contributed by atoms with Gasteiger partial charge < -0.3 is 16.0 Å². The summed E-state index contributed by atoms with van der Waals surface area (Å²) in [6.45, 7) is 1.81. The molecule has 0 aliphatic heterocycles. The van der Waals surface area contributed by atoms with Crippen molar-refractivity contribution in [1.82, 2.24) is 14.9 Å². The number of rotatable bonds is 4. The number of hydrogen-bond acceptors (Lipinski definition) is 5. The molecule has 0 atom stereocenters. The summed E-state index contributed by atoms with van der Waals surface area (Å²) < 4.78 is 0. The molecule has 5 heteroatoms. The molecule has 0 unspecified atom stereocenters. The average Bonchev–Trinajstić information content (AvgIpc) is 2.03. The fourth-order valence-corrected chi connectivity index (χ4v) is 0.877. The highest BCUT2D eigenvalue weighted by Gasteiger charge is 1.94. The van der Waals surface area contributed by atoms with Crippen molar-refractivity contribution in [3.8, 4) is 0 Å². The van der Waals surface area contributed by atoms with E-state index in [4.69, 9.17) is 5.73 Å². The van der Waals surface area contributed by atoms with E-state index >= 15 is 0 Å². The number of nitrogens with two attached hydrogens (primary N) is 1. The van der Waals surface area contributed by atoms with E-state index in [1.807, 2.05) is 14.1 Å². The van der Waals surface area contributed by atoms with Gasteiger partial charge in [0.05, 0.1) is 0 Å². The Bertz CT molecular complexity index is 260. The van der Waals surface area contributed by atoms with Gasteiger partial charge in [-0.05, 0) is 14.1 Å². The van der Waals surface area contributed by atoms with Crippen LogP contribution in [0.15, 0.2) is 12.4 Å². The topological polar surface area (TPSA) is 67.1 Å². The molecule has 3 N–H and O–H groups in total. The molecule has 0 aliphatic carbocycles. The zero-order chi connectivity index (χ0) is 9.68. The first kappa shape index (κ1) is 9.73. The molecule has 72 valence electrons. The summed E-state index contributed by atoms with van der Waals surface area (Å²) in [5, 5.41) is 3.14.